The molecule has 0 fully saturated rings. The lowest BCUT2D eigenvalue weighted by Crippen LogP contribution is -2.04. The molecule has 3 aromatic rings. The van der Waals surface area contributed by atoms with Gasteiger partial charge in [0, 0.05) is 17.3 Å². The highest BCUT2D eigenvalue weighted by Gasteiger charge is 2.15. The average Bonchev–Trinajstić information content (AvgIpc) is 3.02. The summed E-state index contributed by atoms with van der Waals surface area (Å²) < 4.78 is 4.60. The number of hydrogen-bond acceptors (Lipinski definition) is 4. The molecule has 0 saturated heterocycles. The first-order chi connectivity index (χ1) is 12.2. The number of ether oxygens (including phenoxy) is 1. The van der Waals surface area contributed by atoms with Crippen molar-refractivity contribution in [2.45, 2.75) is 12.8 Å². The van der Waals surface area contributed by atoms with Gasteiger partial charge in [0.05, 0.1) is 25.5 Å². The Labute approximate surface area is 145 Å². The minimum atomic E-state index is -0.243. The number of esters is 1. The van der Waals surface area contributed by atoms with Crippen LogP contribution in [0, 0.1) is 0 Å². The molecule has 5 heteroatoms. The summed E-state index contributed by atoms with van der Waals surface area (Å²) in [6, 6.07) is 17.5. The monoisotopic (exact) mass is 334 g/mol. The maximum Gasteiger partial charge on any atom is 0.310 e. The van der Waals surface area contributed by atoms with E-state index in [1.54, 1.807) is 6.20 Å². The Kier molecular flexibility index (Phi) is 5.04. The summed E-state index contributed by atoms with van der Waals surface area (Å²) >= 11 is 0. The first-order valence-corrected chi connectivity index (χ1v) is 7.94. The van der Waals surface area contributed by atoms with Crippen LogP contribution in [0.4, 0.5) is 5.69 Å². The average molecular weight is 334 g/mol. The molecule has 1 aliphatic heterocycles. The van der Waals surface area contributed by atoms with Crippen LogP contribution in [0.1, 0.15) is 11.1 Å². The number of nitrogens with one attached hydrogen (secondary N) is 1. The number of carbonyl (C=O) groups excluding carboxylic acids is 2. The van der Waals surface area contributed by atoms with E-state index in [-0.39, 0.29) is 18.3 Å². The molecular weight excluding hydrogens is 316 g/mol. The molecule has 1 amide bonds. The highest BCUT2D eigenvalue weighted by atomic mass is 16.5. The maximum atomic E-state index is 11.1. The van der Waals surface area contributed by atoms with Gasteiger partial charge in [0.1, 0.15) is 0 Å². The number of anilines is 1. The summed E-state index contributed by atoms with van der Waals surface area (Å²) in [4.78, 5) is 26.1. The third kappa shape index (κ3) is 4.20. The molecule has 1 aliphatic rings. The predicted octanol–water partition coefficient (Wildman–Crippen LogP) is 3.13. The van der Waals surface area contributed by atoms with Crippen molar-refractivity contribution in [3.8, 4) is 0 Å². The zero-order chi connectivity index (χ0) is 17.6. The van der Waals surface area contributed by atoms with Gasteiger partial charge in [-0.15, -0.1) is 0 Å². The minimum Gasteiger partial charge on any atom is -0.469 e. The van der Waals surface area contributed by atoms with Crippen LogP contribution in [-0.4, -0.2) is 24.0 Å². The Bertz CT molecular complexity index is 894. The van der Waals surface area contributed by atoms with Gasteiger partial charge in [0.2, 0.25) is 5.91 Å². The normalized spacial score (nSPS) is 12.0. The van der Waals surface area contributed by atoms with E-state index in [1.165, 1.54) is 7.11 Å². The zero-order valence-corrected chi connectivity index (χ0v) is 13.9. The number of pyridine rings is 1. The molecule has 0 atom stereocenters. The molecular formula is C20H18N2O3. The Hall–Kier alpha value is -3.21. The van der Waals surface area contributed by atoms with Crippen LogP contribution in [-0.2, 0) is 27.2 Å². The molecule has 0 saturated carbocycles. The Morgan fingerprint density at radius 2 is 1.92 bits per heavy atom. The molecule has 2 aromatic carbocycles. The van der Waals surface area contributed by atoms with Crippen molar-refractivity contribution in [2.75, 3.05) is 12.4 Å². The summed E-state index contributed by atoms with van der Waals surface area (Å²) in [5.41, 5.74) is 3.88. The summed E-state index contributed by atoms with van der Waals surface area (Å²) in [7, 11) is 1.39. The summed E-state index contributed by atoms with van der Waals surface area (Å²) in [6.07, 6.45) is 2.52. The number of carbonyl (C=O) groups is 2. The molecule has 1 aromatic heterocycles. The number of amides is 1. The Morgan fingerprint density at radius 3 is 2.72 bits per heavy atom. The molecule has 1 N–H and O–H groups in total. The largest absolute Gasteiger partial charge is 0.469 e. The standard InChI is InChI=1S/C12H11NO2.C8H7NO/c1-15-12(14)7-9-6-10-4-2-3-5-11(10)13-8-9;10-8-5-6-3-1-2-4-7(6)9-8/h2-6,8H,7H2,1H3;1-4H,5H2,(H,9,10). The van der Waals surface area contributed by atoms with Crippen LogP contribution in [0.25, 0.3) is 10.9 Å². The van der Waals surface area contributed by atoms with Gasteiger partial charge in [-0.05, 0) is 29.3 Å². The molecule has 0 aliphatic carbocycles. The van der Waals surface area contributed by atoms with Gasteiger partial charge in [-0.1, -0.05) is 36.4 Å². The lowest BCUT2D eigenvalue weighted by molar-refractivity contribution is -0.139. The number of fused-ring (bicyclic) bond motifs is 2. The molecule has 0 radical (unpaired) electrons. The van der Waals surface area contributed by atoms with E-state index in [0.717, 1.165) is 27.7 Å². The number of hydrogen-bond donors (Lipinski definition) is 1. The predicted molar refractivity (Wildman–Crippen MR) is 96.2 cm³/mol. The van der Waals surface area contributed by atoms with Crippen molar-refractivity contribution in [2.24, 2.45) is 0 Å². The van der Waals surface area contributed by atoms with Gasteiger partial charge < -0.3 is 10.1 Å². The van der Waals surface area contributed by atoms with Crippen LogP contribution in [0.2, 0.25) is 0 Å². The minimum absolute atomic E-state index is 0.0983. The number of aromatic nitrogens is 1. The summed E-state index contributed by atoms with van der Waals surface area (Å²) in [5.74, 6) is -0.145. The lowest BCUT2D eigenvalue weighted by Gasteiger charge is -2.01. The van der Waals surface area contributed by atoms with Gasteiger partial charge in [-0.2, -0.15) is 0 Å². The van der Waals surface area contributed by atoms with E-state index < -0.39 is 0 Å². The van der Waals surface area contributed by atoms with E-state index in [1.807, 2.05) is 54.6 Å². The van der Waals surface area contributed by atoms with E-state index in [0.29, 0.717) is 6.42 Å². The van der Waals surface area contributed by atoms with Gasteiger partial charge in [0.15, 0.2) is 0 Å². The van der Waals surface area contributed by atoms with Crippen molar-refractivity contribution >= 4 is 28.5 Å². The molecule has 2 heterocycles. The lowest BCUT2D eigenvalue weighted by atomic mass is 10.1. The number of benzene rings is 2. The van der Waals surface area contributed by atoms with Gasteiger partial charge in [-0.25, -0.2) is 0 Å². The van der Waals surface area contributed by atoms with Gasteiger partial charge in [-0.3, -0.25) is 14.6 Å². The molecule has 5 nitrogen and oxygen atoms in total. The van der Waals surface area contributed by atoms with E-state index in [9.17, 15) is 9.59 Å². The topological polar surface area (TPSA) is 68.3 Å². The quantitative estimate of drug-likeness (QED) is 0.731. The molecule has 0 bridgehead atoms. The van der Waals surface area contributed by atoms with Crippen molar-refractivity contribution in [3.63, 3.8) is 0 Å². The van der Waals surface area contributed by atoms with Crippen LogP contribution in [0.5, 0.6) is 0 Å². The van der Waals surface area contributed by atoms with E-state index in [4.69, 9.17) is 0 Å². The maximum absolute atomic E-state index is 11.1. The SMILES string of the molecule is COC(=O)Cc1cnc2ccccc2c1.O=C1Cc2ccccc2N1. The first-order valence-electron chi connectivity index (χ1n) is 7.94. The van der Waals surface area contributed by atoms with Crippen molar-refractivity contribution < 1.29 is 14.3 Å². The van der Waals surface area contributed by atoms with E-state index in [2.05, 4.69) is 15.0 Å². The fourth-order valence-corrected chi connectivity index (χ4v) is 2.62. The highest BCUT2D eigenvalue weighted by Crippen LogP contribution is 2.21. The molecule has 0 unspecified atom stereocenters. The third-order valence-electron chi connectivity index (χ3n) is 3.87. The van der Waals surface area contributed by atoms with Crippen molar-refractivity contribution in [1.82, 2.24) is 4.98 Å². The molecule has 25 heavy (non-hydrogen) atoms. The number of para-hydroxylation sites is 2. The fraction of sp³-hybridized carbons (Fsp3) is 0.150. The summed E-state index contributed by atoms with van der Waals surface area (Å²) in [6.45, 7) is 0. The highest BCUT2D eigenvalue weighted by molar-refractivity contribution is 5.98. The van der Waals surface area contributed by atoms with Crippen LogP contribution in [0.3, 0.4) is 0 Å². The van der Waals surface area contributed by atoms with Gasteiger partial charge >= 0.3 is 5.97 Å². The zero-order valence-electron chi connectivity index (χ0n) is 13.9. The third-order valence-corrected chi connectivity index (χ3v) is 3.87. The Morgan fingerprint density at radius 1 is 1.16 bits per heavy atom. The number of rotatable bonds is 2. The second-order valence-electron chi connectivity index (χ2n) is 5.67. The second kappa shape index (κ2) is 7.57. The Balaban J connectivity index is 0.000000157. The molecule has 4 rings (SSSR count). The van der Waals surface area contributed by atoms with Crippen LogP contribution in [0.15, 0.2) is 60.8 Å². The molecule has 0 spiro atoms. The van der Waals surface area contributed by atoms with Crippen molar-refractivity contribution in [1.29, 1.82) is 0 Å². The van der Waals surface area contributed by atoms with Crippen LogP contribution >= 0.6 is 0 Å². The second-order valence-corrected chi connectivity index (χ2v) is 5.67. The van der Waals surface area contributed by atoms with Gasteiger partial charge in [0.25, 0.3) is 0 Å². The van der Waals surface area contributed by atoms with Crippen LogP contribution < -0.4 is 5.32 Å². The van der Waals surface area contributed by atoms with Crippen molar-refractivity contribution in [3.05, 3.63) is 71.9 Å². The number of nitrogens with zero attached hydrogens (tertiary/aromatic N) is 1. The number of methoxy groups -OCH3 is 1. The fourth-order valence-electron chi connectivity index (χ4n) is 2.62. The smallest absolute Gasteiger partial charge is 0.310 e. The van der Waals surface area contributed by atoms with E-state index >= 15 is 0 Å². The first kappa shape index (κ1) is 16.6. The summed E-state index contributed by atoms with van der Waals surface area (Å²) in [5, 5.41) is 3.80. The molecule has 126 valence electrons.